The molecule has 0 unspecified atom stereocenters. The first kappa shape index (κ1) is 17.5. The Hall–Kier alpha value is -2.82. The van der Waals surface area contributed by atoms with Crippen LogP contribution in [0, 0.1) is 0 Å². The van der Waals surface area contributed by atoms with Gasteiger partial charge in [0.1, 0.15) is 5.75 Å². The van der Waals surface area contributed by atoms with Gasteiger partial charge in [-0.2, -0.15) is 0 Å². The zero-order chi connectivity index (χ0) is 17.4. The lowest BCUT2D eigenvalue weighted by atomic mass is 10.1. The molecule has 1 N–H and O–H groups in total. The van der Waals surface area contributed by atoms with Gasteiger partial charge in [-0.3, -0.25) is 9.59 Å². The van der Waals surface area contributed by atoms with Gasteiger partial charge in [0.2, 0.25) is 0 Å². The number of carbonyl (C=O) groups excluding carboxylic acids is 2. The van der Waals surface area contributed by atoms with Crippen molar-refractivity contribution in [3.8, 4) is 5.75 Å². The monoisotopic (exact) mass is 327 g/mol. The molecule has 0 radical (unpaired) electrons. The van der Waals surface area contributed by atoms with Gasteiger partial charge in [-0.25, -0.2) is 0 Å². The Balaban J connectivity index is 1.78. The summed E-state index contributed by atoms with van der Waals surface area (Å²) >= 11 is 0. The van der Waals surface area contributed by atoms with E-state index in [0.717, 1.165) is 5.56 Å². The molecule has 0 saturated heterocycles. The average molecular weight is 327 g/mol. The van der Waals surface area contributed by atoms with E-state index < -0.39 is 12.1 Å². The number of carbonyl (C=O) groups is 2. The molecule has 0 spiro atoms. The average Bonchev–Trinajstić information content (AvgIpc) is 2.61. The molecule has 0 aliphatic carbocycles. The molecule has 1 atom stereocenters. The predicted molar refractivity (Wildman–Crippen MR) is 91.9 cm³/mol. The Morgan fingerprint density at radius 2 is 1.71 bits per heavy atom. The van der Waals surface area contributed by atoms with Crippen molar-refractivity contribution in [2.24, 2.45) is 0 Å². The second-order valence-electron chi connectivity index (χ2n) is 5.34. The lowest BCUT2D eigenvalue weighted by Gasteiger charge is -2.13. The first-order chi connectivity index (χ1) is 11.6. The summed E-state index contributed by atoms with van der Waals surface area (Å²) < 4.78 is 10.2. The third kappa shape index (κ3) is 5.43. The van der Waals surface area contributed by atoms with Crippen LogP contribution in [0.4, 0.5) is 5.69 Å². The number of nitrogens with one attached hydrogen (secondary N) is 1. The van der Waals surface area contributed by atoms with E-state index in [4.69, 9.17) is 9.47 Å². The van der Waals surface area contributed by atoms with Crippen LogP contribution in [0.2, 0.25) is 0 Å². The second kappa shape index (κ2) is 8.72. The SMILES string of the molecule is COc1ccc(NC(=O)[C@H](C)OC(=O)CCc2ccccc2)cc1. The number of rotatable bonds is 7. The molecule has 126 valence electrons. The molecular formula is C19H21NO4. The number of amides is 1. The van der Waals surface area contributed by atoms with Gasteiger partial charge in [-0.1, -0.05) is 30.3 Å². The molecule has 2 aromatic carbocycles. The van der Waals surface area contributed by atoms with Crippen molar-refractivity contribution in [1.29, 1.82) is 0 Å². The smallest absolute Gasteiger partial charge is 0.306 e. The van der Waals surface area contributed by atoms with Crippen molar-refractivity contribution < 1.29 is 19.1 Å². The molecule has 1 amide bonds. The summed E-state index contributed by atoms with van der Waals surface area (Å²) in [5.41, 5.74) is 1.68. The van der Waals surface area contributed by atoms with Crippen LogP contribution in [0.25, 0.3) is 0 Å². The van der Waals surface area contributed by atoms with Gasteiger partial charge < -0.3 is 14.8 Å². The Morgan fingerprint density at radius 1 is 1.04 bits per heavy atom. The van der Waals surface area contributed by atoms with Crippen LogP contribution in [0.5, 0.6) is 5.75 Å². The molecule has 24 heavy (non-hydrogen) atoms. The van der Waals surface area contributed by atoms with E-state index in [2.05, 4.69) is 5.32 Å². The van der Waals surface area contributed by atoms with Crippen molar-refractivity contribution in [3.05, 3.63) is 60.2 Å². The molecule has 0 heterocycles. The fourth-order valence-electron chi connectivity index (χ4n) is 2.12. The number of methoxy groups -OCH3 is 1. The summed E-state index contributed by atoms with van der Waals surface area (Å²) in [7, 11) is 1.57. The number of aryl methyl sites for hydroxylation is 1. The summed E-state index contributed by atoms with van der Waals surface area (Å²) in [6.45, 7) is 1.55. The van der Waals surface area contributed by atoms with Crippen LogP contribution in [-0.4, -0.2) is 25.1 Å². The number of hydrogen-bond donors (Lipinski definition) is 1. The molecule has 2 rings (SSSR count). The zero-order valence-corrected chi connectivity index (χ0v) is 13.8. The van der Waals surface area contributed by atoms with Gasteiger partial charge in [0.05, 0.1) is 7.11 Å². The third-order valence-electron chi connectivity index (χ3n) is 3.50. The first-order valence-electron chi connectivity index (χ1n) is 7.77. The Kier molecular flexibility index (Phi) is 6.37. The highest BCUT2D eigenvalue weighted by atomic mass is 16.5. The maximum atomic E-state index is 12.1. The van der Waals surface area contributed by atoms with Crippen molar-refractivity contribution in [2.45, 2.75) is 25.9 Å². The molecule has 0 aliphatic heterocycles. The van der Waals surface area contributed by atoms with Crippen LogP contribution in [0.15, 0.2) is 54.6 Å². The van der Waals surface area contributed by atoms with Crippen LogP contribution in [0.3, 0.4) is 0 Å². The van der Waals surface area contributed by atoms with Gasteiger partial charge in [0, 0.05) is 12.1 Å². The molecule has 0 saturated carbocycles. The zero-order valence-electron chi connectivity index (χ0n) is 13.8. The first-order valence-corrected chi connectivity index (χ1v) is 7.77. The van der Waals surface area contributed by atoms with Crippen LogP contribution < -0.4 is 10.1 Å². The normalized spacial score (nSPS) is 11.4. The predicted octanol–water partition coefficient (Wildman–Crippen LogP) is 3.20. The van der Waals surface area contributed by atoms with Gasteiger partial charge in [0.15, 0.2) is 6.10 Å². The number of anilines is 1. The molecule has 0 aromatic heterocycles. The largest absolute Gasteiger partial charge is 0.497 e. The van der Waals surface area contributed by atoms with E-state index in [0.29, 0.717) is 17.9 Å². The Bertz CT molecular complexity index is 668. The van der Waals surface area contributed by atoms with E-state index >= 15 is 0 Å². The van der Waals surface area contributed by atoms with E-state index in [9.17, 15) is 9.59 Å². The highest BCUT2D eigenvalue weighted by Crippen LogP contribution is 2.15. The lowest BCUT2D eigenvalue weighted by molar-refractivity contribution is -0.153. The molecular weight excluding hydrogens is 306 g/mol. The Labute approximate surface area is 141 Å². The summed E-state index contributed by atoms with van der Waals surface area (Å²) in [4.78, 5) is 23.9. The molecule has 0 fully saturated rings. The summed E-state index contributed by atoms with van der Waals surface area (Å²) in [5.74, 6) is -0.0575. The maximum Gasteiger partial charge on any atom is 0.306 e. The highest BCUT2D eigenvalue weighted by Gasteiger charge is 2.17. The van der Waals surface area contributed by atoms with Gasteiger partial charge in [-0.05, 0) is 43.2 Å². The summed E-state index contributed by atoms with van der Waals surface area (Å²) in [6.07, 6.45) is -0.0215. The molecule has 0 bridgehead atoms. The van der Waals surface area contributed by atoms with Crippen molar-refractivity contribution in [3.63, 3.8) is 0 Å². The van der Waals surface area contributed by atoms with Gasteiger partial charge >= 0.3 is 5.97 Å². The van der Waals surface area contributed by atoms with E-state index in [1.807, 2.05) is 30.3 Å². The lowest BCUT2D eigenvalue weighted by Crippen LogP contribution is -2.30. The van der Waals surface area contributed by atoms with E-state index in [-0.39, 0.29) is 12.3 Å². The summed E-state index contributed by atoms with van der Waals surface area (Å²) in [5, 5.41) is 2.70. The standard InChI is InChI=1S/C19H21NO4/c1-14(19(22)20-16-9-11-17(23-2)12-10-16)24-18(21)13-8-15-6-4-3-5-7-15/h3-7,9-12,14H,8,13H2,1-2H3,(H,20,22)/t14-/m0/s1. The fraction of sp³-hybridized carbons (Fsp3) is 0.263. The van der Waals surface area contributed by atoms with Crippen molar-refractivity contribution in [2.75, 3.05) is 12.4 Å². The minimum atomic E-state index is -0.852. The van der Waals surface area contributed by atoms with E-state index in [1.165, 1.54) is 0 Å². The van der Waals surface area contributed by atoms with Crippen LogP contribution in [-0.2, 0) is 20.7 Å². The minimum Gasteiger partial charge on any atom is -0.497 e. The van der Waals surface area contributed by atoms with Crippen molar-refractivity contribution >= 4 is 17.6 Å². The molecule has 5 nitrogen and oxygen atoms in total. The molecule has 5 heteroatoms. The topological polar surface area (TPSA) is 64.6 Å². The van der Waals surface area contributed by atoms with Gasteiger partial charge in [-0.15, -0.1) is 0 Å². The van der Waals surface area contributed by atoms with Gasteiger partial charge in [0.25, 0.3) is 5.91 Å². The minimum absolute atomic E-state index is 0.240. The number of ether oxygens (including phenoxy) is 2. The van der Waals surface area contributed by atoms with Crippen LogP contribution >= 0.6 is 0 Å². The quantitative estimate of drug-likeness (QED) is 0.793. The summed E-state index contributed by atoms with van der Waals surface area (Å²) in [6, 6.07) is 16.6. The Morgan fingerprint density at radius 3 is 2.33 bits per heavy atom. The highest BCUT2D eigenvalue weighted by molar-refractivity contribution is 5.95. The van der Waals surface area contributed by atoms with Crippen LogP contribution in [0.1, 0.15) is 18.9 Å². The van der Waals surface area contributed by atoms with Crippen molar-refractivity contribution in [1.82, 2.24) is 0 Å². The molecule has 2 aromatic rings. The third-order valence-corrected chi connectivity index (χ3v) is 3.50. The second-order valence-corrected chi connectivity index (χ2v) is 5.34. The fourth-order valence-corrected chi connectivity index (χ4v) is 2.12. The number of esters is 1. The number of hydrogen-bond acceptors (Lipinski definition) is 4. The van der Waals surface area contributed by atoms with E-state index in [1.54, 1.807) is 38.3 Å². The maximum absolute atomic E-state index is 12.1. The number of benzene rings is 2. The molecule has 0 aliphatic rings.